The number of aliphatic carboxylic acids is 1. The fraction of sp³-hybridized carbons (Fsp3) is 0.478. The predicted octanol–water partition coefficient (Wildman–Crippen LogP) is 3.49. The van der Waals surface area contributed by atoms with Gasteiger partial charge >= 0.3 is 5.97 Å². The first-order valence-corrected chi connectivity index (χ1v) is 11.4. The maximum atomic E-state index is 13.8. The highest BCUT2D eigenvalue weighted by atomic mass is 35.5. The summed E-state index contributed by atoms with van der Waals surface area (Å²) in [6.07, 6.45) is 5.89. The van der Waals surface area contributed by atoms with Crippen molar-refractivity contribution in [2.24, 2.45) is 5.92 Å². The second-order valence-corrected chi connectivity index (χ2v) is 8.60. The molecule has 10 heteroatoms. The van der Waals surface area contributed by atoms with Crippen molar-refractivity contribution < 1.29 is 23.8 Å². The molecule has 1 unspecified atom stereocenters. The van der Waals surface area contributed by atoms with Crippen LogP contribution in [0.2, 0.25) is 5.02 Å². The summed E-state index contributed by atoms with van der Waals surface area (Å²) in [5.41, 5.74) is 1.86. The third-order valence-corrected chi connectivity index (χ3v) is 5.77. The molecule has 8 nitrogen and oxygen atoms in total. The predicted molar refractivity (Wildman–Crippen MR) is 122 cm³/mol. The number of halogens is 2. The van der Waals surface area contributed by atoms with E-state index in [1.165, 1.54) is 5.56 Å². The molecule has 3 rings (SSSR count). The second-order valence-electron chi connectivity index (χ2n) is 8.19. The van der Waals surface area contributed by atoms with Crippen molar-refractivity contribution in [1.29, 1.82) is 0 Å². The fourth-order valence-corrected chi connectivity index (χ4v) is 3.82. The first-order chi connectivity index (χ1) is 15.8. The molecule has 2 aromatic rings. The Morgan fingerprint density at radius 1 is 1.33 bits per heavy atom. The average Bonchev–Trinajstić information content (AvgIpc) is 2.79. The van der Waals surface area contributed by atoms with E-state index in [0.29, 0.717) is 6.61 Å². The SMILES string of the molecule is CC(CCc1ccc2c(n1)NCCC2)COCC[C@H](NC(=O)c1c(F)cncc1Cl)C(=O)O. The number of carbonyl (C=O) groups is 2. The summed E-state index contributed by atoms with van der Waals surface area (Å²) in [5.74, 6) is -1.83. The molecule has 0 aromatic carbocycles. The summed E-state index contributed by atoms with van der Waals surface area (Å²) in [4.78, 5) is 32.0. The fourth-order valence-electron chi connectivity index (χ4n) is 3.59. The Labute approximate surface area is 196 Å². The number of rotatable bonds is 11. The highest BCUT2D eigenvalue weighted by Crippen LogP contribution is 2.21. The number of nitrogens with zero attached hydrogens (tertiary/aromatic N) is 2. The van der Waals surface area contributed by atoms with Crippen molar-refractivity contribution in [3.8, 4) is 0 Å². The minimum absolute atomic E-state index is 0.0379. The van der Waals surface area contributed by atoms with E-state index < -0.39 is 29.3 Å². The van der Waals surface area contributed by atoms with Gasteiger partial charge in [0.2, 0.25) is 0 Å². The molecule has 0 bridgehead atoms. The van der Waals surface area contributed by atoms with Crippen molar-refractivity contribution in [3.63, 3.8) is 0 Å². The quantitative estimate of drug-likeness (QED) is 0.423. The monoisotopic (exact) mass is 478 g/mol. The topological polar surface area (TPSA) is 113 Å². The van der Waals surface area contributed by atoms with Crippen molar-refractivity contribution >= 4 is 29.3 Å². The molecule has 0 fully saturated rings. The zero-order valence-corrected chi connectivity index (χ0v) is 19.2. The maximum Gasteiger partial charge on any atom is 0.326 e. The van der Waals surface area contributed by atoms with E-state index in [0.717, 1.165) is 56.1 Å². The van der Waals surface area contributed by atoms with E-state index in [1.54, 1.807) is 0 Å². The van der Waals surface area contributed by atoms with Gasteiger partial charge in [0.25, 0.3) is 5.91 Å². The van der Waals surface area contributed by atoms with Crippen LogP contribution in [0.5, 0.6) is 0 Å². The number of aromatic nitrogens is 2. The van der Waals surface area contributed by atoms with Crippen LogP contribution in [0, 0.1) is 11.7 Å². The Balaban J connectivity index is 1.40. The number of carboxylic acids is 1. The summed E-state index contributed by atoms with van der Waals surface area (Å²) in [5, 5.41) is 14.8. The molecular formula is C23H28ClFN4O4. The highest BCUT2D eigenvalue weighted by molar-refractivity contribution is 6.33. The van der Waals surface area contributed by atoms with Crippen LogP contribution in [0.1, 0.15) is 47.8 Å². The molecular weight excluding hydrogens is 451 g/mol. The normalized spacial score (nSPS) is 14.6. The number of hydrogen-bond acceptors (Lipinski definition) is 6. The molecule has 3 N–H and O–H groups in total. The molecule has 2 aromatic heterocycles. The van der Waals surface area contributed by atoms with Crippen LogP contribution >= 0.6 is 11.6 Å². The van der Waals surface area contributed by atoms with Gasteiger partial charge in [-0.1, -0.05) is 24.6 Å². The molecule has 0 saturated heterocycles. The number of ether oxygens (including phenoxy) is 1. The minimum Gasteiger partial charge on any atom is -0.480 e. The third kappa shape index (κ3) is 7.10. The molecule has 178 valence electrons. The Morgan fingerprint density at radius 2 is 2.15 bits per heavy atom. The Kier molecular flexibility index (Phi) is 8.96. The van der Waals surface area contributed by atoms with E-state index in [1.807, 2.05) is 0 Å². The number of nitrogens with one attached hydrogen (secondary N) is 2. The number of anilines is 1. The smallest absolute Gasteiger partial charge is 0.326 e. The van der Waals surface area contributed by atoms with Crippen LogP contribution in [0.25, 0.3) is 0 Å². The van der Waals surface area contributed by atoms with Gasteiger partial charge in [0.15, 0.2) is 5.82 Å². The summed E-state index contributed by atoms with van der Waals surface area (Å²) in [7, 11) is 0. The van der Waals surface area contributed by atoms with E-state index in [4.69, 9.17) is 21.3 Å². The summed E-state index contributed by atoms with van der Waals surface area (Å²) < 4.78 is 19.5. The molecule has 33 heavy (non-hydrogen) atoms. The summed E-state index contributed by atoms with van der Waals surface area (Å²) >= 11 is 5.81. The largest absolute Gasteiger partial charge is 0.480 e. The highest BCUT2D eigenvalue weighted by Gasteiger charge is 2.24. The molecule has 1 aliphatic heterocycles. The summed E-state index contributed by atoms with van der Waals surface area (Å²) in [6, 6.07) is 2.97. The van der Waals surface area contributed by atoms with Crippen molar-refractivity contribution in [2.45, 2.75) is 45.1 Å². The third-order valence-electron chi connectivity index (χ3n) is 5.48. The van der Waals surface area contributed by atoms with Crippen LogP contribution in [-0.4, -0.2) is 52.8 Å². The van der Waals surface area contributed by atoms with Crippen LogP contribution in [0.4, 0.5) is 10.2 Å². The van der Waals surface area contributed by atoms with Crippen LogP contribution in [0.3, 0.4) is 0 Å². The van der Waals surface area contributed by atoms with E-state index in [-0.39, 0.29) is 24.0 Å². The lowest BCUT2D eigenvalue weighted by atomic mass is 10.0. The van der Waals surface area contributed by atoms with Gasteiger partial charge in [-0.2, -0.15) is 0 Å². The zero-order valence-electron chi connectivity index (χ0n) is 18.4. The number of carbonyl (C=O) groups excluding carboxylic acids is 1. The Morgan fingerprint density at radius 3 is 2.91 bits per heavy atom. The molecule has 3 heterocycles. The van der Waals surface area contributed by atoms with Crippen molar-refractivity contribution in [1.82, 2.24) is 15.3 Å². The van der Waals surface area contributed by atoms with Crippen molar-refractivity contribution in [2.75, 3.05) is 25.1 Å². The number of carboxylic acid groups (broad SMARTS) is 1. The number of pyridine rings is 2. The van der Waals surface area contributed by atoms with Gasteiger partial charge in [0.05, 0.1) is 16.8 Å². The van der Waals surface area contributed by atoms with Gasteiger partial charge in [0.1, 0.15) is 11.9 Å². The molecule has 1 amide bonds. The van der Waals surface area contributed by atoms with Gasteiger partial charge in [-0.05, 0) is 43.2 Å². The van der Waals surface area contributed by atoms with Gasteiger partial charge in [-0.15, -0.1) is 0 Å². The molecule has 0 aliphatic carbocycles. The standard InChI is InChI=1S/C23H28ClFN4O4/c1-14(4-6-16-7-5-15-3-2-9-27-21(15)28-16)13-33-10-8-19(23(31)32)29-22(30)20-17(24)11-26-12-18(20)25/h5,7,11-12,14,19H,2-4,6,8-10,13H2,1H3,(H,27,28)(H,29,30)(H,31,32)/t14?,19-/m0/s1. The number of hydrogen-bond donors (Lipinski definition) is 3. The van der Waals surface area contributed by atoms with E-state index in [2.05, 4.69) is 34.7 Å². The van der Waals surface area contributed by atoms with Crippen LogP contribution in [0.15, 0.2) is 24.5 Å². The Bertz CT molecular complexity index is 971. The average molecular weight is 479 g/mol. The van der Waals surface area contributed by atoms with Gasteiger partial charge in [0, 0.05) is 38.1 Å². The van der Waals surface area contributed by atoms with E-state index >= 15 is 0 Å². The lowest BCUT2D eigenvalue weighted by Crippen LogP contribution is -2.42. The second kappa shape index (κ2) is 11.9. The van der Waals surface area contributed by atoms with Gasteiger partial charge in [-0.25, -0.2) is 14.2 Å². The minimum atomic E-state index is -1.24. The molecule has 2 atom stereocenters. The van der Waals surface area contributed by atoms with Crippen LogP contribution in [-0.2, 0) is 22.4 Å². The first-order valence-electron chi connectivity index (χ1n) is 11.0. The summed E-state index contributed by atoms with van der Waals surface area (Å²) in [6.45, 7) is 3.60. The van der Waals surface area contributed by atoms with Gasteiger partial charge < -0.3 is 20.5 Å². The van der Waals surface area contributed by atoms with E-state index in [9.17, 15) is 19.1 Å². The lowest BCUT2D eigenvalue weighted by molar-refractivity contribution is -0.139. The number of amides is 1. The number of fused-ring (bicyclic) bond motifs is 1. The van der Waals surface area contributed by atoms with Crippen molar-refractivity contribution in [3.05, 3.63) is 52.2 Å². The van der Waals surface area contributed by atoms with Crippen LogP contribution < -0.4 is 10.6 Å². The zero-order chi connectivity index (χ0) is 23.8. The number of aryl methyl sites for hydroxylation is 2. The molecule has 0 spiro atoms. The van der Waals surface area contributed by atoms with Gasteiger partial charge in [-0.3, -0.25) is 9.78 Å². The molecule has 0 radical (unpaired) electrons. The Hall–Kier alpha value is -2.78. The maximum absolute atomic E-state index is 13.8. The first kappa shape index (κ1) is 24.9. The molecule has 0 saturated carbocycles. The molecule has 1 aliphatic rings. The lowest BCUT2D eigenvalue weighted by Gasteiger charge is -2.18.